The van der Waals surface area contributed by atoms with Crippen LogP contribution in [0.1, 0.15) is 5.56 Å². The largest absolute Gasteiger partial charge is 0.383 e. The Balaban J connectivity index is 2.46. The molecule has 2 N–H and O–H groups in total. The number of anilines is 1. The molecule has 0 amide bonds. The lowest BCUT2D eigenvalue weighted by atomic mass is 10.1. The highest BCUT2D eigenvalue weighted by Gasteiger charge is 2.08. The summed E-state index contributed by atoms with van der Waals surface area (Å²) in [5.74, 6) is 3.16. The molecule has 0 aliphatic rings. The summed E-state index contributed by atoms with van der Waals surface area (Å²) in [5.41, 5.74) is 8.97. The van der Waals surface area contributed by atoms with Crippen LogP contribution in [0.2, 0.25) is 0 Å². The van der Waals surface area contributed by atoms with Gasteiger partial charge in [-0.15, -0.1) is 6.42 Å². The Morgan fingerprint density at radius 1 is 1.50 bits per heavy atom. The van der Waals surface area contributed by atoms with Gasteiger partial charge in [0.05, 0.1) is 12.9 Å². The maximum atomic E-state index is 5.98. The molecule has 0 aliphatic heterocycles. The van der Waals surface area contributed by atoms with Crippen molar-refractivity contribution in [1.82, 2.24) is 9.55 Å². The van der Waals surface area contributed by atoms with Crippen molar-refractivity contribution in [1.29, 1.82) is 0 Å². The van der Waals surface area contributed by atoms with Crippen molar-refractivity contribution in [3.8, 4) is 23.6 Å². The average molecular weight is 211 g/mol. The minimum Gasteiger partial charge on any atom is -0.383 e. The Morgan fingerprint density at radius 3 is 3.00 bits per heavy atom. The molecule has 0 fully saturated rings. The summed E-state index contributed by atoms with van der Waals surface area (Å²) in [6.07, 6.45) is 6.92. The van der Waals surface area contributed by atoms with Crippen LogP contribution >= 0.6 is 0 Å². The second-order valence-electron chi connectivity index (χ2n) is 3.68. The molecule has 1 aromatic heterocycles. The van der Waals surface area contributed by atoms with Gasteiger partial charge in [0.1, 0.15) is 11.5 Å². The summed E-state index contributed by atoms with van der Waals surface area (Å²) < 4.78 is 1.76. The number of hydrogen-bond acceptors (Lipinski definition) is 2. The second-order valence-corrected chi connectivity index (χ2v) is 3.68. The van der Waals surface area contributed by atoms with Crippen molar-refractivity contribution in [2.24, 2.45) is 0 Å². The van der Waals surface area contributed by atoms with Gasteiger partial charge in [0, 0.05) is 5.56 Å². The third kappa shape index (κ3) is 1.78. The Hall–Kier alpha value is -2.21. The SMILES string of the molecule is C#CCn1cnc(-c2cccc(C)c2)c1N. The highest BCUT2D eigenvalue weighted by molar-refractivity contribution is 5.70. The molecule has 0 saturated carbocycles. The molecule has 0 atom stereocenters. The molecule has 3 heteroatoms. The van der Waals surface area contributed by atoms with E-state index in [1.807, 2.05) is 25.1 Å². The number of imidazole rings is 1. The summed E-state index contributed by atoms with van der Waals surface area (Å²) in [6.45, 7) is 2.49. The van der Waals surface area contributed by atoms with Gasteiger partial charge >= 0.3 is 0 Å². The molecular formula is C13H13N3. The van der Waals surface area contributed by atoms with E-state index in [9.17, 15) is 0 Å². The molecule has 0 saturated heterocycles. The molecule has 2 aromatic rings. The van der Waals surface area contributed by atoms with Crippen LogP contribution < -0.4 is 5.73 Å². The summed E-state index contributed by atoms with van der Waals surface area (Å²) in [4.78, 5) is 4.29. The molecule has 0 radical (unpaired) electrons. The normalized spacial score (nSPS) is 10.0. The van der Waals surface area contributed by atoms with E-state index in [4.69, 9.17) is 12.2 Å². The van der Waals surface area contributed by atoms with Gasteiger partial charge in [-0.3, -0.25) is 0 Å². The molecule has 1 heterocycles. The lowest BCUT2D eigenvalue weighted by Crippen LogP contribution is -2.00. The number of hydrogen-bond donors (Lipinski definition) is 1. The van der Waals surface area contributed by atoms with Crippen LogP contribution in [-0.4, -0.2) is 9.55 Å². The van der Waals surface area contributed by atoms with Gasteiger partial charge in [0.2, 0.25) is 0 Å². The predicted molar refractivity (Wildman–Crippen MR) is 65.6 cm³/mol. The smallest absolute Gasteiger partial charge is 0.132 e. The number of aromatic nitrogens is 2. The number of nitrogens with zero attached hydrogens (tertiary/aromatic N) is 2. The molecule has 0 spiro atoms. The Bertz CT molecular complexity index is 547. The Kier molecular flexibility index (Phi) is 2.65. The van der Waals surface area contributed by atoms with Crippen molar-refractivity contribution < 1.29 is 0 Å². The predicted octanol–water partition coefficient (Wildman–Crippen LogP) is 2.07. The van der Waals surface area contributed by atoms with Gasteiger partial charge in [-0.2, -0.15) is 0 Å². The van der Waals surface area contributed by atoms with E-state index in [1.165, 1.54) is 5.56 Å². The third-order valence-corrected chi connectivity index (χ3v) is 2.43. The van der Waals surface area contributed by atoms with Crippen molar-refractivity contribution in [3.05, 3.63) is 36.2 Å². The van der Waals surface area contributed by atoms with Crippen molar-refractivity contribution in [2.75, 3.05) is 5.73 Å². The fourth-order valence-electron chi connectivity index (χ4n) is 1.63. The van der Waals surface area contributed by atoms with Gasteiger partial charge < -0.3 is 10.3 Å². The molecule has 2 rings (SSSR count). The van der Waals surface area contributed by atoms with Crippen molar-refractivity contribution in [3.63, 3.8) is 0 Å². The van der Waals surface area contributed by atoms with E-state index < -0.39 is 0 Å². The lowest BCUT2D eigenvalue weighted by molar-refractivity contribution is 0.852. The standard InChI is InChI=1S/C13H13N3/c1-3-7-16-9-15-12(13(16)14)11-6-4-5-10(2)8-11/h1,4-6,8-9H,7,14H2,2H3. The quantitative estimate of drug-likeness (QED) is 0.773. The molecular weight excluding hydrogens is 198 g/mol. The molecule has 0 bridgehead atoms. The van der Waals surface area contributed by atoms with Gasteiger partial charge in [-0.05, 0) is 13.0 Å². The maximum absolute atomic E-state index is 5.98. The van der Waals surface area contributed by atoms with Crippen LogP contribution in [0.4, 0.5) is 5.82 Å². The van der Waals surface area contributed by atoms with Crippen LogP contribution in [0.25, 0.3) is 11.3 Å². The number of rotatable bonds is 2. The first-order valence-electron chi connectivity index (χ1n) is 5.03. The van der Waals surface area contributed by atoms with E-state index in [0.29, 0.717) is 12.4 Å². The topological polar surface area (TPSA) is 43.8 Å². The summed E-state index contributed by atoms with van der Waals surface area (Å²) in [5, 5.41) is 0. The summed E-state index contributed by atoms with van der Waals surface area (Å²) in [6, 6.07) is 8.08. The van der Waals surface area contributed by atoms with Gasteiger partial charge in [-0.1, -0.05) is 29.7 Å². The Morgan fingerprint density at radius 2 is 2.31 bits per heavy atom. The van der Waals surface area contributed by atoms with E-state index in [-0.39, 0.29) is 0 Å². The third-order valence-electron chi connectivity index (χ3n) is 2.43. The summed E-state index contributed by atoms with van der Waals surface area (Å²) >= 11 is 0. The number of terminal acetylenes is 1. The fraction of sp³-hybridized carbons (Fsp3) is 0.154. The minimum atomic E-state index is 0.449. The molecule has 0 unspecified atom stereocenters. The molecule has 1 aromatic carbocycles. The van der Waals surface area contributed by atoms with E-state index in [0.717, 1.165) is 11.3 Å². The van der Waals surface area contributed by atoms with Crippen LogP contribution in [0.15, 0.2) is 30.6 Å². The van der Waals surface area contributed by atoms with Crippen LogP contribution in [0.3, 0.4) is 0 Å². The first kappa shape index (κ1) is 10.3. The number of nitrogen functional groups attached to an aromatic ring is 1. The maximum Gasteiger partial charge on any atom is 0.132 e. The van der Waals surface area contributed by atoms with Crippen molar-refractivity contribution in [2.45, 2.75) is 13.5 Å². The zero-order chi connectivity index (χ0) is 11.5. The van der Waals surface area contributed by atoms with E-state index in [2.05, 4.69) is 17.0 Å². The van der Waals surface area contributed by atoms with Crippen LogP contribution in [0, 0.1) is 19.3 Å². The van der Waals surface area contributed by atoms with Crippen molar-refractivity contribution >= 4 is 5.82 Å². The van der Waals surface area contributed by atoms with Crippen LogP contribution in [0.5, 0.6) is 0 Å². The Labute approximate surface area is 94.9 Å². The average Bonchev–Trinajstić information content (AvgIpc) is 2.61. The first-order valence-corrected chi connectivity index (χ1v) is 5.03. The van der Waals surface area contributed by atoms with Gasteiger partial charge in [0.25, 0.3) is 0 Å². The summed E-state index contributed by atoms with van der Waals surface area (Å²) in [7, 11) is 0. The minimum absolute atomic E-state index is 0.449. The monoisotopic (exact) mass is 211 g/mol. The molecule has 16 heavy (non-hydrogen) atoms. The first-order chi connectivity index (χ1) is 7.72. The highest BCUT2D eigenvalue weighted by Crippen LogP contribution is 2.24. The van der Waals surface area contributed by atoms with Crippen LogP contribution in [-0.2, 0) is 6.54 Å². The molecule has 0 aliphatic carbocycles. The zero-order valence-electron chi connectivity index (χ0n) is 9.14. The van der Waals surface area contributed by atoms with E-state index >= 15 is 0 Å². The number of aryl methyl sites for hydroxylation is 1. The number of nitrogens with two attached hydrogens (primary N) is 1. The zero-order valence-corrected chi connectivity index (χ0v) is 9.14. The highest BCUT2D eigenvalue weighted by atomic mass is 15.1. The van der Waals surface area contributed by atoms with Gasteiger partial charge in [-0.25, -0.2) is 4.98 Å². The lowest BCUT2D eigenvalue weighted by Gasteiger charge is -2.02. The van der Waals surface area contributed by atoms with Gasteiger partial charge in [0.15, 0.2) is 0 Å². The fourth-order valence-corrected chi connectivity index (χ4v) is 1.63. The number of benzene rings is 1. The second kappa shape index (κ2) is 4.11. The molecule has 3 nitrogen and oxygen atoms in total. The molecule has 80 valence electrons. The van der Waals surface area contributed by atoms with E-state index in [1.54, 1.807) is 10.9 Å².